The minimum Gasteiger partial charge on any atom is -0.372 e. The van der Waals surface area contributed by atoms with E-state index in [1.807, 2.05) is 20.9 Å². The normalized spacial score (nSPS) is 9.76. The standard InChI is InChI=1S/C9H17NO3.C8H18N2O2/c1-3-13-7-9(12)10-6-4-5-8(2)11;1-3-12-7-8(11)10-6-4-5-9-2/h3-7H2,1-2H3,(H,10,12);9H,3-7H2,1-2H3,(H,10,11). The Morgan fingerprint density at radius 1 is 0.800 bits per heavy atom. The van der Waals surface area contributed by atoms with Crippen molar-refractivity contribution in [2.24, 2.45) is 0 Å². The average Bonchev–Trinajstić information content (AvgIpc) is 2.59. The molecule has 0 aromatic carbocycles. The second kappa shape index (κ2) is 20.5. The zero-order valence-electron chi connectivity index (χ0n) is 16.1. The third-order valence-electron chi connectivity index (χ3n) is 2.83. The van der Waals surface area contributed by atoms with Crippen LogP contribution in [0.5, 0.6) is 0 Å². The summed E-state index contributed by atoms with van der Waals surface area (Å²) in [7, 11) is 1.89. The molecule has 25 heavy (non-hydrogen) atoms. The Bertz CT molecular complexity index is 351. The van der Waals surface area contributed by atoms with E-state index in [2.05, 4.69) is 16.0 Å². The van der Waals surface area contributed by atoms with E-state index >= 15 is 0 Å². The van der Waals surface area contributed by atoms with Crippen LogP contribution in [0.2, 0.25) is 0 Å². The topological polar surface area (TPSA) is 106 Å². The van der Waals surface area contributed by atoms with E-state index < -0.39 is 0 Å². The lowest BCUT2D eigenvalue weighted by atomic mass is 10.2. The van der Waals surface area contributed by atoms with Crippen molar-refractivity contribution in [2.75, 3.05) is 53.1 Å². The monoisotopic (exact) mass is 361 g/mol. The van der Waals surface area contributed by atoms with E-state index in [0.717, 1.165) is 13.0 Å². The van der Waals surface area contributed by atoms with Crippen LogP contribution in [-0.2, 0) is 23.9 Å². The van der Waals surface area contributed by atoms with Crippen molar-refractivity contribution in [3.05, 3.63) is 0 Å². The van der Waals surface area contributed by atoms with Crippen LogP contribution in [0.15, 0.2) is 0 Å². The predicted molar refractivity (Wildman–Crippen MR) is 97.5 cm³/mol. The summed E-state index contributed by atoms with van der Waals surface area (Å²) < 4.78 is 9.82. The van der Waals surface area contributed by atoms with Gasteiger partial charge in [0.1, 0.15) is 19.0 Å². The van der Waals surface area contributed by atoms with Crippen LogP contribution in [0.1, 0.15) is 40.0 Å². The molecule has 0 radical (unpaired) electrons. The Labute approximate surface area is 151 Å². The fourth-order valence-electron chi connectivity index (χ4n) is 1.55. The van der Waals surface area contributed by atoms with Crippen molar-refractivity contribution in [3.8, 4) is 0 Å². The number of carbonyl (C=O) groups excluding carboxylic acids is 3. The first kappa shape index (κ1) is 25.7. The highest BCUT2D eigenvalue weighted by molar-refractivity contribution is 5.77. The summed E-state index contributed by atoms with van der Waals surface area (Å²) in [5.74, 6) is -0.00240. The second-order valence-electron chi connectivity index (χ2n) is 5.24. The SMILES string of the molecule is CCOCC(=O)NCCCC(C)=O.CCOCC(=O)NCCCNC. The molecule has 8 heteroatoms. The van der Waals surface area contributed by atoms with Crippen molar-refractivity contribution in [2.45, 2.75) is 40.0 Å². The number of hydrogen-bond acceptors (Lipinski definition) is 6. The molecule has 0 bridgehead atoms. The van der Waals surface area contributed by atoms with Gasteiger partial charge in [0.05, 0.1) is 0 Å². The molecule has 8 nitrogen and oxygen atoms in total. The Hall–Kier alpha value is -1.51. The van der Waals surface area contributed by atoms with Crippen LogP contribution in [0, 0.1) is 0 Å². The van der Waals surface area contributed by atoms with Crippen LogP contribution in [0.4, 0.5) is 0 Å². The Kier molecular flexibility index (Phi) is 21.1. The lowest BCUT2D eigenvalue weighted by molar-refractivity contribution is -0.126. The average molecular weight is 361 g/mol. The third kappa shape index (κ3) is 24.9. The van der Waals surface area contributed by atoms with Gasteiger partial charge in [0.2, 0.25) is 11.8 Å². The minimum atomic E-state index is -0.120. The number of ketones is 1. The van der Waals surface area contributed by atoms with Gasteiger partial charge in [0.15, 0.2) is 0 Å². The summed E-state index contributed by atoms with van der Waals surface area (Å²) in [5.41, 5.74) is 0. The molecule has 0 aromatic heterocycles. The zero-order valence-corrected chi connectivity index (χ0v) is 16.1. The van der Waals surface area contributed by atoms with Gasteiger partial charge in [-0.25, -0.2) is 0 Å². The number of carbonyl (C=O) groups is 3. The van der Waals surface area contributed by atoms with E-state index in [9.17, 15) is 14.4 Å². The summed E-state index contributed by atoms with van der Waals surface area (Å²) >= 11 is 0. The highest BCUT2D eigenvalue weighted by Crippen LogP contribution is 1.87. The molecule has 0 heterocycles. The van der Waals surface area contributed by atoms with Crippen molar-refractivity contribution in [3.63, 3.8) is 0 Å². The molecule has 148 valence electrons. The lowest BCUT2D eigenvalue weighted by Gasteiger charge is -2.04. The molecule has 0 fully saturated rings. The van der Waals surface area contributed by atoms with Crippen LogP contribution in [0.25, 0.3) is 0 Å². The Morgan fingerprint density at radius 2 is 1.28 bits per heavy atom. The van der Waals surface area contributed by atoms with Gasteiger partial charge < -0.3 is 30.2 Å². The first-order chi connectivity index (χ1) is 12.0. The molecule has 0 aromatic rings. The molecule has 0 saturated heterocycles. The van der Waals surface area contributed by atoms with Crippen LogP contribution in [0.3, 0.4) is 0 Å². The molecular weight excluding hydrogens is 326 g/mol. The molecule has 0 aliphatic heterocycles. The smallest absolute Gasteiger partial charge is 0.245 e. The van der Waals surface area contributed by atoms with Gasteiger partial charge in [-0.05, 0) is 47.2 Å². The lowest BCUT2D eigenvalue weighted by Crippen LogP contribution is -2.29. The molecule has 0 atom stereocenters. The minimum absolute atomic E-state index is 0.0343. The zero-order chi connectivity index (χ0) is 19.3. The van der Waals surface area contributed by atoms with Gasteiger partial charge in [0, 0.05) is 32.7 Å². The Balaban J connectivity index is 0. The predicted octanol–water partition coefficient (Wildman–Crippen LogP) is 0.257. The quantitative estimate of drug-likeness (QED) is 0.383. The summed E-state index contributed by atoms with van der Waals surface area (Å²) in [6.07, 6.45) is 2.18. The number of ether oxygens (including phenoxy) is 2. The number of rotatable bonds is 14. The second-order valence-corrected chi connectivity index (χ2v) is 5.24. The van der Waals surface area contributed by atoms with Crippen LogP contribution >= 0.6 is 0 Å². The van der Waals surface area contributed by atoms with Gasteiger partial charge in [-0.15, -0.1) is 0 Å². The first-order valence-corrected chi connectivity index (χ1v) is 8.80. The summed E-state index contributed by atoms with van der Waals surface area (Å²) in [4.78, 5) is 32.4. The maximum absolute atomic E-state index is 10.9. The molecule has 0 spiro atoms. The first-order valence-electron chi connectivity index (χ1n) is 8.80. The van der Waals surface area contributed by atoms with Crippen LogP contribution in [-0.4, -0.2) is 70.7 Å². The molecule has 2 amide bonds. The number of amides is 2. The summed E-state index contributed by atoms with van der Waals surface area (Å²) in [6.45, 7) is 8.85. The van der Waals surface area contributed by atoms with Crippen molar-refractivity contribution >= 4 is 17.6 Å². The maximum atomic E-state index is 10.9. The third-order valence-corrected chi connectivity index (χ3v) is 2.83. The fourth-order valence-corrected chi connectivity index (χ4v) is 1.55. The van der Waals surface area contributed by atoms with E-state index in [-0.39, 0.29) is 30.8 Å². The molecule has 0 saturated carbocycles. The van der Waals surface area contributed by atoms with Gasteiger partial charge in [-0.3, -0.25) is 9.59 Å². The van der Waals surface area contributed by atoms with Gasteiger partial charge >= 0.3 is 0 Å². The van der Waals surface area contributed by atoms with Crippen molar-refractivity contribution < 1.29 is 23.9 Å². The van der Waals surface area contributed by atoms with E-state index in [4.69, 9.17) is 9.47 Å². The molecule has 0 aliphatic rings. The number of Topliss-reactive ketones (excluding diaryl/α,β-unsaturated/α-hetero) is 1. The summed E-state index contributed by atoms with van der Waals surface area (Å²) in [6, 6.07) is 0. The van der Waals surface area contributed by atoms with E-state index in [1.54, 1.807) is 6.92 Å². The van der Waals surface area contributed by atoms with Crippen molar-refractivity contribution in [1.29, 1.82) is 0 Å². The van der Waals surface area contributed by atoms with E-state index in [1.165, 1.54) is 0 Å². The van der Waals surface area contributed by atoms with Crippen molar-refractivity contribution in [1.82, 2.24) is 16.0 Å². The van der Waals surface area contributed by atoms with Gasteiger partial charge in [0.25, 0.3) is 0 Å². The molecule has 0 unspecified atom stereocenters. The largest absolute Gasteiger partial charge is 0.372 e. The highest BCUT2D eigenvalue weighted by atomic mass is 16.5. The van der Waals surface area contributed by atoms with Gasteiger partial charge in [-0.1, -0.05) is 0 Å². The summed E-state index contributed by atoms with van der Waals surface area (Å²) in [5, 5.41) is 8.41. The molecular formula is C17H35N3O5. The van der Waals surface area contributed by atoms with Gasteiger partial charge in [-0.2, -0.15) is 0 Å². The molecule has 0 aliphatic carbocycles. The molecule has 0 rings (SSSR count). The van der Waals surface area contributed by atoms with Crippen LogP contribution < -0.4 is 16.0 Å². The maximum Gasteiger partial charge on any atom is 0.245 e. The molecule has 3 N–H and O–H groups in total. The Morgan fingerprint density at radius 3 is 1.68 bits per heavy atom. The number of nitrogens with one attached hydrogen (secondary N) is 3. The van der Waals surface area contributed by atoms with E-state index in [0.29, 0.717) is 39.1 Å². The number of hydrogen-bond donors (Lipinski definition) is 3. The fraction of sp³-hybridized carbons (Fsp3) is 0.824. The highest BCUT2D eigenvalue weighted by Gasteiger charge is 2.00.